The zero-order valence-electron chi connectivity index (χ0n) is 39.0. The molecule has 4 amide bonds. The Labute approximate surface area is 392 Å². The van der Waals surface area contributed by atoms with E-state index in [1.807, 2.05) is 12.1 Å². The highest BCUT2D eigenvalue weighted by Crippen LogP contribution is 2.48. The summed E-state index contributed by atoms with van der Waals surface area (Å²) in [6.07, 6.45) is -7.59. The van der Waals surface area contributed by atoms with Crippen molar-refractivity contribution in [2.75, 3.05) is 73.2 Å². The smallest absolute Gasteiger partial charge is 0.416 e. The fourth-order valence-corrected chi connectivity index (χ4v) is 9.30. The summed E-state index contributed by atoms with van der Waals surface area (Å²) in [5.74, 6) is -1.87. The topological polar surface area (TPSA) is 121 Å². The first-order chi connectivity index (χ1) is 31.9. The van der Waals surface area contributed by atoms with Crippen LogP contribution in [0.1, 0.15) is 97.5 Å². The molecular formula is C49H60F7N5O7. The summed E-state index contributed by atoms with van der Waals surface area (Å²) in [6, 6.07) is 14.3. The molecule has 12 nitrogen and oxygen atoms in total. The highest BCUT2D eigenvalue weighted by molar-refractivity contribution is 5.95. The van der Waals surface area contributed by atoms with E-state index >= 15 is 0 Å². The van der Waals surface area contributed by atoms with E-state index in [4.69, 9.17) is 14.2 Å². The second-order valence-corrected chi connectivity index (χ2v) is 19.0. The summed E-state index contributed by atoms with van der Waals surface area (Å²) in [5.41, 5.74) is -3.45. The van der Waals surface area contributed by atoms with Crippen LogP contribution in [0.25, 0.3) is 0 Å². The fraction of sp³-hybridized carbons (Fsp3) is 0.551. The number of ether oxygens (including phenoxy) is 3. The number of piperidine rings is 1. The fourth-order valence-electron chi connectivity index (χ4n) is 9.30. The van der Waals surface area contributed by atoms with Crippen molar-refractivity contribution >= 4 is 23.8 Å². The van der Waals surface area contributed by atoms with Crippen molar-refractivity contribution < 1.29 is 64.1 Å². The molecule has 0 radical (unpaired) electrons. The maximum absolute atomic E-state index is 14.1. The summed E-state index contributed by atoms with van der Waals surface area (Å²) in [6.45, 7) is 7.35. The van der Waals surface area contributed by atoms with Gasteiger partial charge in [-0.15, -0.1) is 0 Å². The van der Waals surface area contributed by atoms with E-state index in [1.54, 1.807) is 44.7 Å². The van der Waals surface area contributed by atoms with E-state index in [0.29, 0.717) is 89.1 Å². The van der Waals surface area contributed by atoms with Crippen LogP contribution < -0.4 is 5.32 Å². The lowest BCUT2D eigenvalue weighted by atomic mass is 9.72. The van der Waals surface area contributed by atoms with Crippen molar-refractivity contribution in [3.8, 4) is 0 Å². The predicted molar refractivity (Wildman–Crippen MR) is 237 cm³/mol. The van der Waals surface area contributed by atoms with Gasteiger partial charge in [-0.1, -0.05) is 36.4 Å². The van der Waals surface area contributed by atoms with E-state index in [2.05, 4.69) is 22.3 Å². The second kappa shape index (κ2) is 21.2. The van der Waals surface area contributed by atoms with Crippen LogP contribution in [-0.2, 0) is 53.6 Å². The minimum atomic E-state index is -5.14. The Kier molecular flexibility index (Phi) is 16.2. The Bertz CT molecular complexity index is 2230. The van der Waals surface area contributed by atoms with Crippen LogP contribution in [0.3, 0.4) is 0 Å². The van der Waals surface area contributed by atoms with Crippen molar-refractivity contribution in [2.45, 2.75) is 101 Å². The average Bonchev–Trinajstić information content (AvgIpc) is 3.85. The first-order valence-electron chi connectivity index (χ1n) is 22.7. The molecule has 372 valence electrons. The number of amides is 4. The number of alkyl carbamates (subject to hydrolysis) is 1. The highest BCUT2D eigenvalue weighted by atomic mass is 19.4. The maximum Gasteiger partial charge on any atom is 0.416 e. The molecule has 0 aromatic heterocycles. The summed E-state index contributed by atoms with van der Waals surface area (Å²) in [5, 5.41) is 2.64. The van der Waals surface area contributed by atoms with E-state index in [0.717, 1.165) is 16.0 Å². The summed E-state index contributed by atoms with van der Waals surface area (Å²) < 4.78 is 114. The lowest BCUT2D eigenvalue weighted by molar-refractivity contribution is -0.143. The third-order valence-corrected chi connectivity index (χ3v) is 13.1. The summed E-state index contributed by atoms with van der Waals surface area (Å²) >= 11 is 0. The molecule has 68 heavy (non-hydrogen) atoms. The Balaban J connectivity index is 1.03. The van der Waals surface area contributed by atoms with Gasteiger partial charge in [0.15, 0.2) is 0 Å². The number of fused-ring (bicyclic) bond motifs is 2. The molecule has 3 aromatic carbocycles. The molecule has 1 spiro atoms. The minimum Gasteiger partial charge on any atom is -0.444 e. The number of benzene rings is 3. The normalized spacial score (nSPS) is 19.5. The van der Waals surface area contributed by atoms with Gasteiger partial charge in [-0.2, -0.15) is 26.3 Å². The van der Waals surface area contributed by atoms with Crippen molar-refractivity contribution in [2.24, 2.45) is 0 Å². The van der Waals surface area contributed by atoms with Crippen LogP contribution in [0.2, 0.25) is 0 Å². The van der Waals surface area contributed by atoms with Gasteiger partial charge < -0.3 is 39.1 Å². The number of rotatable bonds is 16. The molecule has 0 saturated carbocycles. The number of hydrogen-bond acceptors (Lipinski definition) is 8. The molecule has 3 aliphatic rings. The monoisotopic (exact) mass is 963 g/mol. The van der Waals surface area contributed by atoms with Crippen LogP contribution in [0.5, 0.6) is 0 Å². The van der Waals surface area contributed by atoms with Gasteiger partial charge in [0.1, 0.15) is 30.4 Å². The van der Waals surface area contributed by atoms with Gasteiger partial charge in [0.25, 0.3) is 5.91 Å². The van der Waals surface area contributed by atoms with Crippen molar-refractivity contribution in [1.29, 1.82) is 0 Å². The number of carbonyl (C=O) groups is 4. The average molecular weight is 964 g/mol. The standard InChI is InChI=1S/C49H60F7N5O7/c1-45(2,3)68-44(65)57-20-8-12-41(62)58(4)21-9-22-59(5)42(63)30-66-40-28-33-10-6-7-11-39(33)46(40)17-23-60(24-18-46)25-19-47(35-13-15-38(50)16-14-35)31-61(32-67-47)43(64)34-26-36(48(51,52)53)29-37(27-34)49(54,55)56/h6-7,10-11,13-16,26-27,29,40H,8-9,12,17-25,28,30-32H2,1-5H3,(H,57,65)/t40-,47-/m0/s1. The van der Waals surface area contributed by atoms with E-state index in [-0.39, 0.29) is 55.4 Å². The van der Waals surface area contributed by atoms with E-state index in [9.17, 15) is 49.9 Å². The van der Waals surface area contributed by atoms with E-state index in [1.165, 1.54) is 24.3 Å². The molecule has 3 aromatic rings. The Hall–Kier alpha value is -5.27. The largest absolute Gasteiger partial charge is 0.444 e. The predicted octanol–water partition coefficient (Wildman–Crippen LogP) is 8.17. The van der Waals surface area contributed by atoms with Crippen LogP contribution in [0.4, 0.5) is 35.5 Å². The molecule has 1 aliphatic carbocycles. The molecule has 2 heterocycles. The summed E-state index contributed by atoms with van der Waals surface area (Å²) in [4.78, 5) is 58.0. The van der Waals surface area contributed by atoms with Gasteiger partial charge in [0.05, 0.1) is 23.8 Å². The van der Waals surface area contributed by atoms with Crippen molar-refractivity contribution in [3.63, 3.8) is 0 Å². The van der Waals surface area contributed by atoms with Gasteiger partial charge in [-0.05, 0) is 119 Å². The number of nitrogens with one attached hydrogen (secondary N) is 1. The lowest BCUT2D eigenvalue weighted by Gasteiger charge is -2.44. The second-order valence-electron chi connectivity index (χ2n) is 19.0. The van der Waals surface area contributed by atoms with Crippen LogP contribution >= 0.6 is 0 Å². The third-order valence-electron chi connectivity index (χ3n) is 13.1. The van der Waals surface area contributed by atoms with Crippen LogP contribution in [0, 0.1) is 5.82 Å². The molecule has 0 unspecified atom stereocenters. The number of halogens is 7. The molecule has 6 rings (SSSR count). The van der Waals surface area contributed by atoms with E-state index < -0.39 is 64.8 Å². The number of alkyl halides is 6. The third kappa shape index (κ3) is 12.9. The van der Waals surface area contributed by atoms with Crippen LogP contribution in [0.15, 0.2) is 66.7 Å². The van der Waals surface area contributed by atoms with Gasteiger partial charge in [0.2, 0.25) is 11.8 Å². The zero-order valence-corrected chi connectivity index (χ0v) is 39.0. The van der Waals surface area contributed by atoms with Crippen molar-refractivity contribution in [1.82, 2.24) is 24.9 Å². The Morgan fingerprint density at radius 3 is 2.07 bits per heavy atom. The minimum absolute atomic E-state index is 0.0316. The first-order valence-corrected chi connectivity index (χ1v) is 22.7. The van der Waals surface area contributed by atoms with Gasteiger partial charge >= 0.3 is 18.4 Å². The number of likely N-dealkylation sites (N-methyl/N-ethyl adjacent to an activating group) is 1. The number of carbonyl (C=O) groups excluding carboxylic acids is 4. The lowest BCUT2D eigenvalue weighted by Crippen LogP contribution is -2.50. The van der Waals surface area contributed by atoms with Crippen molar-refractivity contribution in [3.05, 3.63) is 106 Å². The quantitative estimate of drug-likeness (QED) is 0.113. The zero-order chi connectivity index (χ0) is 49.7. The molecule has 2 saturated heterocycles. The highest BCUT2D eigenvalue weighted by Gasteiger charge is 2.50. The SMILES string of the molecule is CN(CCCN(C)C(=O)CO[C@H]1Cc2ccccc2C12CCN(CC[C@@]1(c3ccc(F)cc3)CN(C(=O)c3cc(C(F)(F)F)cc(C(F)(F)F)c3)CO1)CC2)C(=O)CCCNC(=O)OC(C)(C)C. The molecule has 0 bridgehead atoms. The molecular weight excluding hydrogens is 904 g/mol. The number of nitrogens with zero attached hydrogens (tertiary/aromatic N) is 4. The molecule has 2 atom stereocenters. The summed E-state index contributed by atoms with van der Waals surface area (Å²) in [7, 11) is 3.40. The van der Waals surface area contributed by atoms with Gasteiger partial charge in [0, 0.05) is 57.7 Å². The van der Waals surface area contributed by atoms with Gasteiger partial charge in [-0.25, -0.2) is 9.18 Å². The molecule has 1 N–H and O–H groups in total. The Morgan fingerprint density at radius 1 is 0.838 bits per heavy atom. The molecule has 2 fully saturated rings. The Morgan fingerprint density at radius 2 is 1.46 bits per heavy atom. The molecule has 19 heteroatoms. The number of likely N-dealkylation sites (tertiary alicyclic amines) is 1. The first kappa shape index (κ1) is 52.1. The number of hydrogen-bond donors (Lipinski definition) is 1. The molecule has 2 aliphatic heterocycles. The maximum atomic E-state index is 14.1. The van der Waals surface area contributed by atoms with Gasteiger partial charge in [-0.3, -0.25) is 14.4 Å². The van der Waals surface area contributed by atoms with Crippen LogP contribution in [-0.4, -0.2) is 128 Å².